The minimum Gasteiger partial charge on any atom is -0.366 e. The van der Waals surface area contributed by atoms with Crippen LogP contribution in [0.25, 0.3) is 0 Å². The third-order valence-electron chi connectivity index (χ3n) is 1.32. The van der Waals surface area contributed by atoms with E-state index in [1.54, 1.807) is 0 Å². The molecule has 2 unspecified atom stereocenters. The lowest BCUT2D eigenvalue weighted by atomic mass is 10.2. The van der Waals surface area contributed by atoms with E-state index in [0.717, 1.165) is 6.42 Å². The smallest absolute Gasteiger partial charge is 0.113 e. The van der Waals surface area contributed by atoms with Crippen LogP contribution in [-0.4, -0.2) is 12.2 Å². The summed E-state index contributed by atoms with van der Waals surface area (Å²) in [6, 6.07) is 0. The minimum atomic E-state index is 0.319. The fourth-order valence-corrected chi connectivity index (χ4v) is 0.660. The molecule has 2 nitrogen and oxygen atoms in total. The molecule has 2 heterocycles. The predicted octanol–water partition coefficient (Wildman–Crippen LogP) is 0.906. The van der Waals surface area contributed by atoms with Crippen molar-refractivity contribution < 1.29 is 9.47 Å². The lowest BCUT2D eigenvalue weighted by molar-refractivity contribution is 0.433. The van der Waals surface area contributed by atoms with Gasteiger partial charge in [-0.15, -0.1) is 0 Å². The van der Waals surface area contributed by atoms with E-state index in [4.69, 9.17) is 9.47 Å². The molecule has 0 spiro atoms. The summed E-state index contributed by atoms with van der Waals surface area (Å²) in [4.78, 5) is 0. The van der Waals surface area contributed by atoms with Gasteiger partial charge in [-0.1, -0.05) is 0 Å². The van der Waals surface area contributed by atoms with E-state index in [2.05, 4.69) is 12.8 Å². The van der Waals surface area contributed by atoms with Crippen LogP contribution in [0.4, 0.5) is 0 Å². The van der Waals surface area contributed by atoms with Gasteiger partial charge in [0.1, 0.15) is 13.2 Å². The highest BCUT2D eigenvalue weighted by Crippen LogP contribution is 2.25. The number of epoxide rings is 2. The zero-order chi connectivity index (χ0) is 6.10. The highest BCUT2D eigenvalue weighted by molar-refractivity contribution is 5.03. The van der Waals surface area contributed by atoms with Gasteiger partial charge in [0, 0.05) is 0 Å². The van der Waals surface area contributed by atoms with E-state index in [1.807, 2.05) is 13.2 Å². The van der Waals surface area contributed by atoms with Crippen LogP contribution in [0.2, 0.25) is 0 Å². The van der Waals surface area contributed by atoms with Crippen molar-refractivity contribution in [2.45, 2.75) is 18.6 Å². The predicted molar refractivity (Wildman–Crippen MR) is 31.6 cm³/mol. The number of hydrogen-bond donors (Lipinski definition) is 0. The molecule has 0 aliphatic carbocycles. The fraction of sp³-hybridized carbons (Fsp3) is 0.429. The molecule has 2 atom stereocenters. The summed E-state index contributed by atoms with van der Waals surface area (Å²) in [6.07, 6.45) is 5.83. The van der Waals surface area contributed by atoms with E-state index in [9.17, 15) is 0 Å². The van der Waals surface area contributed by atoms with Gasteiger partial charge in [-0.05, 0) is 19.3 Å². The molecule has 0 amide bonds. The number of rotatable bonds is 4. The first-order valence-corrected chi connectivity index (χ1v) is 3.09. The normalized spacial score (nSPS) is 38.7. The summed E-state index contributed by atoms with van der Waals surface area (Å²) in [7, 11) is 0. The van der Waals surface area contributed by atoms with Crippen molar-refractivity contribution in [1.82, 2.24) is 0 Å². The lowest BCUT2D eigenvalue weighted by Gasteiger charge is -1.89. The quantitative estimate of drug-likeness (QED) is 0.520. The minimum absolute atomic E-state index is 0.319. The first-order valence-electron chi connectivity index (χ1n) is 3.09. The van der Waals surface area contributed by atoms with Crippen molar-refractivity contribution in [3.05, 3.63) is 26.1 Å². The van der Waals surface area contributed by atoms with E-state index in [-0.39, 0.29) is 0 Å². The number of ether oxygens (including phenoxy) is 2. The molecule has 0 saturated carbocycles. The van der Waals surface area contributed by atoms with Gasteiger partial charge in [0.15, 0.2) is 0 Å². The Bertz CT molecular complexity index is 83.1. The Kier molecular flexibility index (Phi) is 1.44. The largest absolute Gasteiger partial charge is 0.366 e. The van der Waals surface area contributed by atoms with Crippen LogP contribution in [0.1, 0.15) is 6.42 Å². The van der Waals surface area contributed by atoms with Gasteiger partial charge in [0.25, 0.3) is 0 Å². The van der Waals surface area contributed by atoms with Gasteiger partial charge < -0.3 is 9.47 Å². The van der Waals surface area contributed by atoms with Crippen LogP contribution in [-0.2, 0) is 9.47 Å². The highest BCUT2D eigenvalue weighted by Gasteiger charge is 2.27. The second-order valence-corrected chi connectivity index (χ2v) is 2.18. The van der Waals surface area contributed by atoms with Gasteiger partial charge in [0.05, 0.1) is 12.2 Å². The van der Waals surface area contributed by atoms with Crippen LogP contribution in [0, 0.1) is 26.1 Å². The molecule has 9 heavy (non-hydrogen) atoms. The molecule has 4 radical (unpaired) electrons. The van der Waals surface area contributed by atoms with E-state index >= 15 is 0 Å². The van der Waals surface area contributed by atoms with Crippen molar-refractivity contribution in [3.8, 4) is 0 Å². The molecule has 48 valence electrons. The molecule has 0 aromatic heterocycles. The van der Waals surface area contributed by atoms with Crippen molar-refractivity contribution in [1.29, 1.82) is 0 Å². The average Bonchev–Trinajstić information content (AvgIpc) is 2.57. The summed E-state index contributed by atoms with van der Waals surface area (Å²) in [5.74, 6) is 0. The van der Waals surface area contributed by atoms with E-state index < -0.39 is 0 Å². The van der Waals surface area contributed by atoms with Crippen molar-refractivity contribution in [2.75, 3.05) is 0 Å². The summed E-state index contributed by atoms with van der Waals surface area (Å²) >= 11 is 0. The Labute approximate surface area is 55.1 Å². The molecule has 0 aromatic rings. The molecular formula is C7H8O2. The zero-order valence-corrected chi connectivity index (χ0v) is 4.99. The summed E-state index contributed by atoms with van der Waals surface area (Å²) < 4.78 is 9.72. The molecule has 2 heteroatoms. The standard InChI is InChI=1S/C7H8O2/c1(2-6-4-8-6)3-7-5-9-7/h2-7H,1H2. The molecule has 0 bridgehead atoms. The molecule has 0 aromatic carbocycles. The third kappa shape index (κ3) is 1.95. The Morgan fingerprint density at radius 1 is 1.11 bits per heavy atom. The molecular weight excluding hydrogens is 116 g/mol. The Morgan fingerprint density at radius 3 is 1.89 bits per heavy atom. The highest BCUT2D eigenvalue weighted by atomic mass is 16.6. The Hall–Kier alpha value is -0.0800. The maximum atomic E-state index is 4.86. The molecule has 2 saturated heterocycles. The number of hydrogen-bond acceptors (Lipinski definition) is 2. The van der Waals surface area contributed by atoms with Gasteiger partial charge in [0.2, 0.25) is 0 Å². The van der Waals surface area contributed by atoms with Gasteiger partial charge in [-0.25, -0.2) is 0 Å². The first-order chi connectivity index (χ1) is 4.45. The maximum absolute atomic E-state index is 4.86. The maximum Gasteiger partial charge on any atom is 0.113 e. The SMILES string of the molecule is [CH](C[CH]C1[CH]O1)C1[CH]O1. The van der Waals surface area contributed by atoms with Crippen LogP contribution in [0.5, 0.6) is 0 Å². The summed E-state index contributed by atoms with van der Waals surface area (Å²) in [5, 5.41) is 0. The lowest BCUT2D eigenvalue weighted by Crippen LogP contribution is -1.90. The van der Waals surface area contributed by atoms with Crippen LogP contribution >= 0.6 is 0 Å². The van der Waals surface area contributed by atoms with Crippen LogP contribution < -0.4 is 0 Å². The van der Waals surface area contributed by atoms with Crippen LogP contribution in [0.3, 0.4) is 0 Å². The van der Waals surface area contributed by atoms with Crippen molar-refractivity contribution in [3.63, 3.8) is 0 Å². The van der Waals surface area contributed by atoms with Crippen molar-refractivity contribution in [2.24, 2.45) is 0 Å². The molecule has 2 fully saturated rings. The monoisotopic (exact) mass is 124 g/mol. The molecule has 2 aliphatic rings. The first kappa shape index (κ1) is 5.69. The molecule has 2 rings (SSSR count). The second kappa shape index (κ2) is 2.27. The van der Waals surface area contributed by atoms with Gasteiger partial charge in [-0.3, -0.25) is 0 Å². The van der Waals surface area contributed by atoms with Gasteiger partial charge >= 0.3 is 0 Å². The third-order valence-corrected chi connectivity index (χ3v) is 1.32. The molecule has 2 aliphatic heterocycles. The van der Waals surface area contributed by atoms with E-state index in [0.29, 0.717) is 12.2 Å². The van der Waals surface area contributed by atoms with Gasteiger partial charge in [-0.2, -0.15) is 0 Å². The van der Waals surface area contributed by atoms with E-state index in [1.165, 1.54) is 0 Å². The Morgan fingerprint density at radius 2 is 1.56 bits per heavy atom. The average molecular weight is 124 g/mol. The second-order valence-electron chi connectivity index (χ2n) is 2.18. The molecule has 0 N–H and O–H groups in total. The summed E-state index contributed by atoms with van der Waals surface area (Å²) in [5.41, 5.74) is 0. The topological polar surface area (TPSA) is 25.1 Å². The van der Waals surface area contributed by atoms with Crippen molar-refractivity contribution >= 4 is 0 Å². The zero-order valence-electron chi connectivity index (χ0n) is 4.99. The Balaban J connectivity index is 1.46. The fourth-order valence-electron chi connectivity index (χ4n) is 0.660. The summed E-state index contributed by atoms with van der Waals surface area (Å²) in [6.45, 7) is 3.62. The van der Waals surface area contributed by atoms with Crippen LogP contribution in [0.15, 0.2) is 0 Å².